The molecule has 0 aromatic carbocycles. The van der Waals surface area contributed by atoms with Gasteiger partial charge in [0.25, 0.3) is 0 Å². The number of aliphatic hydroxyl groups excluding tert-OH is 4. The molecular formula is C9H18N2O5S. The highest BCUT2D eigenvalue weighted by atomic mass is 32.1. The Morgan fingerprint density at radius 1 is 1.24 bits per heavy atom. The van der Waals surface area contributed by atoms with E-state index in [1.165, 1.54) is 0 Å². The monoisotopic (exact) mass is 266 g/mol. The number of aliphatic hydroxyl groups is 4. The molecule has 0 saturated carbocycles. The largest absolute Gasteiger partial charge is 0.394 e. The minimum atomic E-state index is -1.40. The van der Waals surface area contributed by atoms with Crippen molar-refractivity contribution >= 4 is 17.3 Å². The molecule has 0 radical (unpaired) electrons. The fourth-order valence-corrected chi connectivity index (χ4v) is 1.82. The van der Waals surface area contributed by atoms with E-state index in [0.717, 1.165) is 0 Å². The van der Waals surface area contributed by atoms with Crippen LogP contribution in [0.2, 0.25) is 0 Å². The van der Waals surface area contributed by atoms with Crippen LogP contribution >= 0.6 is 12.2 Å². The van der Waals surface area contributed by atoms with Crippen molar-refractivity contribution in [2.75, 3.05) is 13.2 Å². The van der Waals surface area contributed by atoms with Crippen molar-refractivity contribution in [2.45, 2.75) is 37.6 Å². The van der Waals surface area contributed by atoms with Gasteiger partial charge in [0.05, 0.1) is 6.61 Å². The molecule has 1 fully saturated rings. The van der Waals surface area contributed by atoms with Crippen LogP contribution in [0.15, 0.2) is 0 Å². The molecule has 1 aliphatic rings. The van der Waals surface area contributed by atoms with Crippen LogP contribution in [0.5, 0.6) is 0 Å². The zero-order valence-corrected chi connectivity index (χ0v) is 10.2. The van der Waals surface area contributed by atoms with Crippen molar-refractivity contribution in [3.8, 4) is 0 Å². The van der Waals surface area contributed by atoms with Crippen LogP contribution in [0.3, 0.4) is 0 Å². The number of hydrogen-bond donors (Lipinski definition) is 6. The van der Waals surface area contributed by atoms with E-state index in [9.17, 15) is 15.3 Å². The fourth-order valence-electron chi connectivity index (χ4n) is 1.56. The summed E-state index contributed by atoms with van der Waals surface area (Å²) in [6.07, 6.45) is -6.00. The second-order valence-electron chi connectivity index (χ2n) is 3.75. The fraction of sp³-hybridized carbons (Fsp3) is 0.889. The average Bonchev–Trinajstić information content (AvgIpc) is 2.30. The van der Waals surface area contributed by atoms with Crippen LogP contribution < -0.4 is 10.6 Å². The Kier molecular flexibility index (Phi) is 5.50. The van der Waals surface area contributed by atoms with Gasteiger partial charge in [0, 0.05) is 6.54 Å². The molecule has 5 atom stereocenters. The second kappa shape index (κ2) is 6.43. The molecule has 1 heterocycles. The van der Waals surface area contributed by atoms with Crippen molar-refractivity contribution in [1.82, 2.24) is 10.6 Å². The third-order valence-electron chi connectivity index (χ3n) is 2.50. The van der Waals surface area contributed by atoms with Gasteiger partial charge in [-0.2, -0.15) is 0 Å². The second-order valence-corrected chi connectivity index (χ2v) is 4.16. The molecule has 0 unspecified atom stereocenters. The predicted octanol–water partition coefficient (Wildman–Crippen LogP) is -2.73. The SMILES string of the molecule is CCNC(=S)N[C@@H]1O[C@H](CO)[C@@H](O)[C@H](O)[C@@H]1O. The third-order valence-corrected chi connectivity index (χ3v) is 2.77. The first-order chi connectivity index (χ1) is 8.01. The Morgan fingerprint density at radius 2 is 1.88 bits per heavy atom. The van der Waals surface area contributed by atoms with E-state index in [-0.39, 0.29) is 5.11 Å². The summed E-state index contributed by atoms with van der Waals surface area (Å²) in [7, 11) is 0. The van der Waals surface area contributed by atoms with Gasteiger partial charge in [-0.3, -0.25) is 0 Å². The summed E-state index contributed by atoms with van der Waals surface area (Å²) < 4.78 is 5.20. The zero-order chi connectivity index (χ0) is 13.0. The molecule has 0 amide bonds. The van der Waals surface area contributed by atoms with Crippen LogP contribution in [0, 0.1) is 0 Å². The maximum Gasteiger partial charge on any atom is 0.168 e. The highest BCUT2D eigenvalue weighted by Crippen LogP contribution is 2.19. The molecule has 0 aliphatic carbocycles. The van der Waals surface area contributed by atoms with E-state index in [0.29, 0.717) is 6.54 Å². The highest BCUT2D eigenvalue weighted by molar-refractivity contribution is 7.80. The van der Waals surface area contributed by atoms with Crippen LogP contribution in [0.4, 0.5) is 0 Å². The van der Waals surface area contributed by atoms with Crippen LogP contribution in [0.25, 0.3) is 0 Å². The Balaban J connectivity index is 2.62. The molecule has 1 rings (SSSR count). The van der Waals surface area contributed by atoms with Gasteiger partial charge in [-0.1, -0.05) is 0 Å². The Morgan fingerprint density at radius 3 is 2.41 bits per heavy atom. The molecule has 0 aromatic rings. The van der Waals surface area contributed by atoms with Crippen molar-refractivity contribution in [3.63, 3.8) is 0 Å². The van der Waals surface area contributed by atoms with Crippen LogP contribution in [-0.2, 0) is 4.74 Å². The Labute approximate surface area is 104 Å². The van der Waals surface area contributed by atoms with Crippen molar-refractivity contribution in [1.29, 1.82) is 0 Å². The van der Waals surface area contributed by atoms with Crippen molar-refractivity contribution in [3.05, 3.63) is 0 Å². The summed E-state index contributed by atoms with van der Waals surface area (Å²) in [5.41, 5.74) is 0. The first kappa shape index (κ1) is 14.6. The quantitative estimate of drug-likeness (QED) is 0.305. The van der Waals surface area contributed by atoms with Crippen molar-refractivity contribution < 1.29 is 25.2 Å². The summed E-state index contributed by atoms with van der Waals surface area (Å²) in [5.74, 6) is 0. The number of thiocarbonyl (C=S) groups is 1. The van der Waals surface area contributed by atoms with E-state index in [2.05, 4.69) is 10.6 Å². The lowest BCUT2D eigenvalue weighted by Gasteiger charge is -2.40. The zero-order valence-electron chi connectivity index (χ0n) is 9.41. The first-order valence-corrected chi connectivity index (χ1v) is 5.77. The van der Waals surface area contributed by atoms with Gasteiger partial charge in [0.1, 0.15) is 24.4 Å². The van der Waals surface area contributed by atoms with Gasteiger partial charge < -0.3 is 35.8 Å². The van der Waals surface area contributed by atoms with Gasteiger partial charge in [-0.15, -0.1) is 0 Å². The lowest BCUT2D eigenvalue weighted by Crippen LogP contribution is -2.64. The Bertz CT molecular complexity index is 266. The first-order valence-electron chi connectivity index (χ1n) is 5.36. The van der Waals surface area contributed by atoms with E-state index in [4.69, 9.17) is 22.1 Å². The minimum Gasteiger partial charge on any atom is -0.394 e. The smallest absolute Gasteiger partial charge is 0.168 e. The summed E-state index contributed by atoms with van der Waals surface area (Å²) in [5, 5.41) is 43.4. The number of rotatable bonds is 3. The maximum absolute atomic E-state index is 9.67. The van der Waals surface area contributed by atoms with Crippen LogP contribution in [-0.4, -0.2) is 69.3 Å². The maximum atomic E-state index is 9.67. The van der Waals surface area contributed by atoms with Gasteiger partial charge in [0.15, 0.2) is 11.3 Å². The van der Waals surface area contributed by atoms with E-state index >= 15 is 0 Å². The van der Waals surface area contributed by atoms with Crippen molar-refractivity contribution in [2.24, 2.45) is 0 Å². The molecule has 17 heavy (non-hydrogen) atoms. The predicted molar refractivity (Wildman–Crippen MR) is 63.2 cm³/mol. The summed E-state index contributed by atoms with van der Waals surface area (Å²) >= 11 is 4.91. The average molecular weight is 266 g/mol. The molecular weight excluding hydrogens is 248 g/mol. The summed E-state index contributed by atoms with van der Waals surface area (Å²) in [6.45, 7) is 1.99. The molecule has 0 aromatic heterocycles. The highest BCUT2D eigenvalue weighted by Gasteiger charge is 2.43. The van der Waals surface area contributed by atoms with E-state index in [1.807, 2.05) is 6.92 Å². The van der Waals surface area contributed by atoms with Gasteiger partial charge in [0.2, 0.25) is 0 Å². The lowest BCUT2D eigenvalue weighted by molar-refractivity contribution is -0.232. The molecule has 1 saturated heterocycles. The molecule has 100 valence electrons. The molecule has 1 aliphatic heterocycles. The van der Waals surface area contributed by atoms with Gasteiger partial charge in [-0.25, -0.2) is 0 Å². The number of hydrogen-bond acceptors (Lipinski definition) is 6. The molecule has 6 N–H and O–H groups in total. The van der Waals surface area contributed by atoms with Gasteiger partial charge >= 0.3 is 0 Å². The lowest BCUT2D eigenvalue weighted by atomic mass is 9.98. The molecule has 0 bridgehead atoms. The minimum absolute atomic E-state index is 0.261. The van der Waals surface area contributed by atoms with E-state index in [1.54, 1.807) is 0 Å². The third kappa shape index (κ3) is 3.47. The van der Waals surface area contributed by atoms with Crippen LogP contribution in [0.1, 0.15) is 6.92 Å². The Hall–Kier alpha value is -0.510. The number of ether oxygens (including phenoxy) is 1. The molecule has 7 nitrogen and oxygen atoms in total. The summed E-state index contributed by atoms with van der Waals surface area (Å²) in [6, 6.07) is 0. The van der Waals surface area contributed by atoms with Gasteiger partial charge in [-0.05, 0) is 19.1 Å². The standard InChI is InChI=1S/C9H18N2O5S/c1-2-10-9(17)11-8-7(15)6(14)5(13)4(3-12)16-8/h4-8,12-15H,2-3H2,1H3,(H2,10,11,17)/t4-,5-,6+,7+,8-/m1/s1. The normalized spacial score (nSPS) is 37.6. The topological polar surface area (TPSA) is 114 Å². The van der Waals surface area contributed by atoms with E-state index < -0.39 is 37.3 Å². The number of nitrogens with one attached hydrogen (secondary N) is 2. The molecule has 0 spiro atoms. The summed E-state index contributed by atoms with van der Waals surface area (Å²) in [4.78, 5) is 0. The molecule has 8 heteroatoms.